The van der Waals surface area contributed by atoms with Crippen LogP contribution in [0.2, 0.25) is 0 Å². The zero-order valence-corrected chi connectivity index (χ0v) is 17.3. The highest BCUT2D eigenvalue weighted by atomic mass is 16.5. The number of amides is 1. The summed E-state index contributed by atoms with van der Waals surface area (Å²) in [6, 6.07) is 11.3. The lowest BCUT2D eigenvalue weighted by Crippen LogP contribution is -2.42. The van der Waals surface area contributed by atoms with E-state index in [0.29, 0.717) is 48.3 Å². The Morgan fingerprint density at radius 1 is 1.20 bits per heavy atom. The second-order valence-corrected chi connectivity index (χ2v) is 7.55. The third-order valence-electron chi connectivity index (χ3n) is 5.03. The van der Waals surface area contributed by atoms with Crippen molar-refractivity contribution < 1.29 is 14.1 Å². The monoisotopic (exact) mass is 407 g/mol. The fraction of sp³-hybridized carbons (Fsp3) is 0.364. The number of pyridine rings is 2. The first-order chi connectivity index (χ1) is 14.5. The van der Waals surface area contributed by atoms with Crippen molar-refractivity contribution >= 4 is 17.5 Å². The second kappa shape index (κ2) is 8.62. The highest BCUT2D eigenvalue weighted by Crippen LogP contribution is 2.27. The number of nitrogens with zero attached hydrogens (tertiary/aromatic N) is 4. The van der Waals surface area contributed by atoms with Crippen LogP contribution >= 0.6 is 0 Å². The van der Waals surface area contributed by atoms with Crippen LogP contribution in [0.3, 0.4) is 0 Å². The molecule has 1 atom stereocenters. The minimum absolute atomic E-state index is 0.0754. The van der Waals surface area contributed by atoms with E-state index in [-0.39, 0.29) is 17.9 Å². The Morgan fingerprint density at radius 3 is 2.80 bits per heavy atom. The second-order valence-electron chi connectivity index (χ2n) is 7.55. The van der Waals surface area contributed by atoms with Gasteiger partial charge < -0.3 is 19.5 Å². The molecular formula is C22H25N5O3. The molecule has 0 bridgehead atoms. The van der Waals surface area contributed by atoms with E-state index < -0.39 is 0 Å². The maximum atomic E-state index is 13.2. The van der Waals surface area contributed by atoms with Gasteiger partial charge in [0.25, 0.3) is 5.91 Å². The lowest BCUT2D eigenvalue weighted by Gasteiger charge is -2.33. The Balaban J connectivity index is 1.51. The number of anilines is 2. The number of nitrogens with one attached hydrogen (secondary N) is 1. The average molecular weight is 407 g/mol. The zero-order valence-electron chi connectivity index (χ0n) is 17.3. The van der Waals surface area contributed by atoms with Gasteiger partial charge in [-0.3, -0.25) is 4.79 Å². The van der Waals surface area contributed by atoms with Crippen molar-refractivity contribution in [2.24, 2.45) is 0 Å². The molecule has 8 nitrogen and oxygen atoms in total. The molecule has 4 rings (SSSR count). The van der Waals surface area contributed by atoms with E-state index in [0.717, 1.165) is 5.69 Å². The molecule has 3 aromatic rings. The number of ether oxygens (including phenoxy) is 1. The van der Waals surface area contributed by atoms with Crippen molar-refractivity contribution in [3.63, 3.8) is 0 Å². The van der Waals surface area contributed by atoms with E-state index in [1.807, 2.05) is 50.2 Å². The minimum atomic E-state index is -0.309. The molecule has 1 fully saturated rings. The van der Waals surface area contributed by atoms with Crippen LogP contribution in [0.4, 0.5) is 11.6 Å². The summed E-state index contributed by atoms with van der Waals surface area (Å²) in [5.41, 5.74) is 2.02. The van der Waals surface area contributed by atoms with Crippen molar-refractivity contribution in [1.29, 1.82) is 0 Å². The van der Waals surface area contributed by atoms with Gasteiger partial charge in [0.1, 0.15) is 29.1 Å². The summed E-state index contributed by atoms with van der Waals surface area (Å²) in [6.07, 6.45) is 1.41. The highest BCUT2D eigenvalue weighted by Gasteiger charge is 2.31. The lowest BCUT2D eigenvalue weighted by molar-refractivity contribution is -0.0247. The number of morpholine rings is 1. The van der Waals surface area contributed by atoms with E-state index in [1.165, 1.54) is 0 Å². The van der Waals surface area contributed by atoms with Crippen LogP contribution < -0.4 is 5.32 Å². The first-order valence-electron chi connectivity index (χ1n) is 10.0. The van der Waals surface area contributed by atoms with Crippen LogP contribution in [0.1, 0.15) is 53.4 Å². The van der Waals surface area contributed by atoms with Gasteiger partial charge in [0.05, 0.1) is 24.5 Å². The molecule has 8 heteroatoms. The molecule has 1 aliphatic heterocycles. The van der Waals surface area contributed by atoms with Crippen molar-refractivity contribution in [3.05, 3.63) is 65.3 Å². The van der Waals surface area contributed by atoms with E-state index >= 15 is 0 Å². The Labute approximate surface area is 175 Å². The van der Waals surface area contributed by atoms with E-state index in [1.54, 1.807) is 18.0 Å². The van der Waals surface area contributed by atoms with Crippen molar-refractivity contribution in [2.75, 3.05) is 25.0 Å². The molecule has 0 unspecified atom stereocenters. The molecule has 1 amide bonds. The molecule has 156 valence electrons. The molecule has 3 aromatic heterocycles. The molecule has 4 heterocycles. The number of aryl methyl sites for hydroxylation is 1. The van der Waals surface area contributed by atoms with Crippen LogP contribution in [-0.2, 0) is 4.74 Å². The number of carbonyl (C=O) groups excluding carboxylic acids is 1. The topological polar surface area (TPSA) is 93.4 Å². The molecule has 30 heavy (non-hydrogen) atoms. The lowest BCUT2D eigenvalue weighted by atomic mass is 10.0. The smallest absolute Gasteiger partial charge is 0.259 e. The Morgan fingerprint density at radius 2 is 2.03 bits per heavy atom. The third-order valence-corrected chi connectivity index (χ3v) is 5.03. The van der Waals surface area contributed by atoms with Gasteiger partial charge in [-0.1, -0.05) is 31.1 Å². The minimum Gasteiger partial charge on any atom is -0.368 e. The summed E-state index contributed by atoms with van der Waals surface area (Å²) in [5, 5.41) is 7.27. The molecule has 1 aliphatic rings. The van der Waals surface area contributed by atoms with Crippen molar-refractivity contribution in [3.8, 4) is 0 Å². The molecule has 1 saturated heterocycles. The third kappa shape index (κ3) is 4.18. The SMILES string of the molecule is Cc1onc(C(C)C)c1C(=O)N1CCO[C@H](c2cccc(Nc3ccccn3)n2)C1. The van der Waals surface area contributed by atoms with Crippen LogP contribution in [0, 0.1) is 6.92 Å². The molecule has 0 saturated carbocycles. The number of hydrogen-bond donors (Lipinski definition) is 1. The molecule has 1 N–H and O–H groups in total. The van der Waals surface area contributed by atoms with Gasteiger partial charge in [-0.15, -0.1) is 0 Å². The molecule has 0 aromatic carbocycles. The predicted molar refractivity (Wildman–Crippen MR) is 112 cm³/mol. The van der Waals surface area contributed by atoms with Gasteiger partial charge in [-0.2, -0.15) is 0 Å². The Kier molecular flexibility index (Phi) is 5.76. The number of aromatic nitrogens is 3. The molecule has 0 aliphatic carbocycles. The van der Waals surface area contributed by atoms with Gasteiger partial charge >= 0.3 is 0 Å². The normalized spacial score (nSPS) is 16.7. The first kappa shape index (κ1) is 20.0. The number of hydrogen-bond acceptors (Lipinski definition) is 7. The van der Waals surface area contributed by atoms with E-state index in [9.17, 15) is 4.79 Å². The van der Waals surface area contributed by atoms with Gasteiger partial charge in [-0.05, 0) is 37.1 Å². The Hall–Kier alpha value is -3.26. The maximum Gasteiger partial charge on any atom is 0.259 e. The van der Waals surface area contributed by atoms with Gasteiger partial charge in [0.2, 0.25) is 0 Å². The Bertz CT molecular complexity index is 1020. The summed E-state index contributed by atoms with van der Waals surface area (Å²) < 4.78 is 11.2. The van der Waals surface area contributed by atoms with Crippen LogP contribution in [0.25, 0.3) is 0 Å². The first-order valence-corrected chi connectivity index (χ1v) is 10.0. The fourth-order valence-electron chi connectivity index (χ4n) is 3.48. The standard InChI is InChI=1S/C22H25N5O3/c1-14(2)21-20(15(3)30-26-21)22(28)27-11-12-29-17(13-27)16-7-6-9-19(24-16)25-18-8-4-5-10-23-18/h4-10,14,17H,11-13H2,1-3H3,(H,23,24,25)/t17-/m0/s1. The van der Waals surface area contributed by atoms with Crippen LogP contribution in [0.15, 0.2) is 47.1 Å². The largest absolute Gasteiger partial charge is 0.368 e. The summed E-state index contributed by atoms with van der Waals surface area (Å²) >= 11 is 0. The zero-order chi connectivity index (χ0) is 21.1. The molecule has 0 radical (unpaired) electrons. The summed E-state index contributed by atoms with van der Waals surface area (Å²) in [5.74, 6) is 1.97. The highest BCUT2D eigenvalue weighted by molar-refractivity contribution is 5.96. The van der Waals surface area contributed by atoms with Crippen LogP contribution in [0.5, 0.6) is 0 Å². The van der Waals surface area contributed by atoms with E-state index in [4.69, 9.17) is 9.26 Å². The summed E-state index contributed by atoms with van der Waals surface area (Å²) in [4.78, 5) is 23.9. The van der Waals surface area contributed by atoms with Gasteiger partial charge in [0, 0.05) is 12.7 Å². The summed E-state index contributed by atoms with van der Waals surface area (Å²) in [6.45, 7) is 7.15. The van der Waals surface area contributed by atoms with Crippen molar-refractivity contribution in [2.45, 2.75) is 32.8 Å². The van der Waals surface area contributed by atoms with Gasteiger partial charge in [0.15, 0.2) is 0 Å². The number of carbonyl (C=O) groups is 1. The van der Waals surface area contributed by atoms with Crippen molar-refractivity contribution in [1.82, 2.24) is 20.0 Å². The van der Waals surface area contributed by atoms with Gasteiger partial charge in [-0.25, -0.2) is 9.97 Å². The summed E-state index contributed by atoms with van der Waals surface area (Å²) in [7, 11) is 0. The molecular weight excluding hydrogens is 382 g/mol. The predicted octanol–water partition coefficient (Wildman–Crippen LogP) is 3.85. The fourth-order valence-corrected chi connectivity index (χ4v) is 3.48. The van der Waals surface area contributed by atoms with E-state index in [2.05, 4.69) is 20.4 Å². The number of rotatable bonds is 5. The quantitative estimate of drug-likeness (QED) is 0.686. The molecule has 0 spiro atoms. The van der Waals surface area contributed by atoms with Crippen LogP contribution in [-0.4, -0.2) is 45.6 Å². The maximum absolute atomic E-state index is 13.2. The average Bonchev–Trinajstić information content (AvgIpc) is 3.16.